The van der Waals surface area contributed by atoms with Crippen LogP contribution in [0.1, 0.15) is 18.4 Å². The molecule has 0 fully saturated rings. The molecule has 3 aromatic rings. The number of hydrogen-bond donors (Lipinski definition) is 0. The summed E-state index contributed by atoms with van der Waals surface area (Å²) in [6.07, 6.45) is 4.22. The maximum Gasteiger partial charge on any atom is 0.310 e. The predicted octanol–water partition coefficient (Wildman–Crippen LogP) is 1.42. The number of benzene rings is 2. The van der Waals surface area contributed by atoms with Gasteiger partial charge in [-0.2, -0.15) is 0 Å². The second-order valence-electron chi connectivity index (χ2n) is 8.22. The average Bonchev–Trinajstić information content (AvgIpc) is 3.09. The number of fused-ring (bicyclic) bond motifs is 1. The molecule has 30 heavy (non-hydrogen) atoms. The molecule has 0 radical (unpaired) electrons. The molecule has 0 aliphatic heterocycles. The van der Waals surface area contributed by atoms with Crippen molar-refractivity contribution >= 4 is 22.6 Å². The number of rotatable bonds is 9. The summed E-state index contributed by atoms with van der Waals surface area (Å²) < 4.78 is 13.7. The first-order chi connectivity index (χ1) is 13.9. The molecule has 5 nitrogen and oxygen atoms in total. The van der Waals surface area contributed by atoms with Gasteiger partial charge in [0, 0.05) is 23.6 Å². The molecule has 0 unspecified atom stereocenters. The normalized spacial score (nSPS) is 11.2. The van der Waals surface area contributed by atoms with E-state index in [0.717, 1.165) is 35.2 Å². The van der Waals surface area contributed by atoms with Crippen molar-refractivity contribution in [1.82, 2.24) is 9.05 Å². The number of carbonyl (C=O) groups is 1. The van der Waals surface area contributed by atoms with Crippen LogP contribution in [0.4, 0.5) is 5.69 Å². The summed E-state index contributed by atoms with van der Waals surface area (Å²) in [6.45, 7) is 1.36. The molecule has 1 heterocycles. The van der Waals surface area contributed by atoms with Crippen molar-refractivity contribution < 1.29 is 38.2 Å². The zero-order valence-electron chi connectivity index (χ0n) is 18.2. The van der Waals surface area contributed by atoms with Crippen LogP contribution < -0.4 is 33.2 Å². The number of hydrogen-bond acceptors (Lipinski definition) is 3. The third kappa shape index (κ3) is 6.47. The maximum absolute atomic E-state index is 12.1. The van der Waals surface area contributed by atoms with E-state index in [0.29, 0.717) is 13.0 Å². The molecule has 3 rings (SSSR count). The minimum absolute atomic E-state index is 0. The summed E-state index contributed by atoms with van der Waals surface area (Å²) in [5, 5.41) is 1.17. The Morgan fingerprint density at radius 3 is 2.40 bits per heavy atom. The van der Waals surface area contributed by atoms with Gasteiger partial charge in [-0.15, -0.1) is 0 Å². The van der Waals surface area contributed by atoms with Gasteiger partial charge in [0.25, 0.3) is 0 Å². The van der Waals surface area contributed by atoms with Gasteiger partial charge < -0.3 is 38.0 Å². The Bertz CT molecular complexity index is 959. The quantitative estimate of drug-likeness (QED) is 0.185. The number of quaternary nitrogens is 1. The summed E-state index contributed by atoms with van der Waals surface area (Å²) in [6, 6.07) is 16.4. The zero-order valence-corrected chi connectivity index (χ0v) is 20.4. The molecule has 0 saturated heterocycles. The highest BCUT2D eigenvalue weighted by molar-refractivity contribution is 5.81. The number of aryl methyl sites for hydroxylation is 1. The fourth-order valence-electron chi connectivity index (χ4n) is 3.35. The lowest BCUT2D eigenvalue weighted by molar-refractivity contribution is -0.142. The van der Waals surface area contributed by atoms with E-state index in [1.807, 2.05) is 24.3 Å². The monoisotopic (exact) mass is 522 g/mol. The lowest BCUT2D eigenvalue weighted by Gasteiger charge is -2.23. The van der Waals surface area contributed by atoms with Crippen molar-refractivity contribution in [3.8, 4) is 5.75 Å². The minimum Gasteiger partial charge on any atom is -1.00 e. The Morgan fingerprint density at radius 2 is 1.73 bits per heavy atom. The first-order valence-corrected chi connectivity index (χ1v) is 10.1. The lowest BCUT2D eigenvalue weighted by Crippen LogP contribution is -3.00. The van der Waals surface area contributed by atoms with Crippen molar-refractivity contribution in [2.45, 2.75) is 25.8 Å². The van der Waals surface area contributed by atoms with E-state index in [-0.39, 0.29) is 29.9 Å². The third-order valence-corrected chi connectivity index (χ3v) is 5.09. The Kier molecular flexibility index (Phi) is 8.73. The van der Waals surface area contributed by atoms with Gasteiger partial charge in [0.1, 0.15) is 11.4 Å². The number of ether oxygens (including phenoxy) is 2. The van der Waals surface area contributed by atoms with Crippen LogP contribution in [-0.2, 0) is 22.5 Å². The van der Waals surface area contributed by atoms with Gasteiger partial charge in [-0.05, 0) is 54.8 Å². The number of methoxy groups -OCH3 is 1. The molecular weight excluding hydrogens is 491 g/mol. The van der Waals surface area contributed by atoms with Crippen molar-refractivity contribution in [2.75, 3.05) is 34.9 Å². The lowest BCUT2D eigenvalue weighted by atomic mass is 10.1. The van der Waals surface area contributed by atoms with E-state index >= 15 is 0 Å². The SMILES string of the molecule is COc1ccc2c(ccn2CCCCOC(=O)Cc2ccc([N+](C)(C)C)cc2)c1.[I-]. The van der Waals surface area contributed by atoms with Crippen LogP contribution in [0.15, 0.2) is 54.7 Å². The van der Waals surface area contributed by atoms with Crippen LogP contribution in [0.25, 0.3) is 10.9 Å². The van der Waals surface area contributed by atoms with Crippen molar-refractivity contribution in [3.63, 3.8) is 0 Å². The molecule has 0 aliphatic carbocycles. The van der Waals surface area contributed by atoms with Gasteiger partial charge in [0.2, 0.25) is 0 Å². The summed E-state index contributed by atoms with van der Waals surface area (Å²) in [7, 11) is 8.05. The molecule has 0 aliphatic rings. The van der Waals surface area contributed by atoms with E-state index in [1.165, 1.54) is 16.6 Å². The van der Waals surface area contributed by atoms with Crippen LogP contribution in [0.3, 0.4) is 0 Å². The molecule has 0 amide bonds. The van der Waals surface area contributed by atoms with Crippen LogP contribution >= 0.6 is 0 Å². The van der Waals surface area contributed by atoms with Gasteiger partial charge in [0.05, 0.1) is 41.3 Å². The number of nitrogens with zero attached hydrogens (tertiary/aromatic N) is 2. The smallest absolute Gasteiger partial charge is 0.310 e. The van der Waals surface area contributed by atoms with Gasteiger partial charge >= 0.3 is 5.97 Å². The maximum atomic E-state index is 12.1. The van der Waals surface area contributed by atoms with Gasteiger partial charge in [0.15, 0.2) is 0 Å². The van der Waals surface area contributed by atoms with Crippen LogP contribution in [0, 0.1) is 0 Å². The predicted molar refractivity (Wildman–Crippen MR) is 118 cm³/mol. The summed E-state index contributed by atoms with van der Waals surface area (Å²) in [5.74, 6) is 0.704. The van der Waals surface area contributed by atoms with Gasteiger partial charge in [-0.3, -0.25) is 9.28 Å². The Balaban J connectivity index is 0.00000320. The van der Waals surface area contributed by atoms with Gasteiger partial charge in [-0.25, -0.2) is 0 Å². The standard InChI is InChI=1S/C24H31N2O3.HI/c1-26(2,3)21-9-7-19(8-10-21)17-24(27)29-16-6-5-14-25-15-13-20-18-22(28-4)11-12-23(20)25;/h7-13,15,18H,5-6,14,16-17H2,1-4H3;1H/q+1;/p-1. The zero-order chi connectivity index (χ0) is 20.9. The van der Waals surface area contributed by atoms with E-state index in [4.69, 9.17) is 9.47 Å². The van der Waals surface area contributed by atoms with Crippen molar-refractivity contribution in [2.24, 2.45) is 0 Å². The number of aromatic nitrogens is 1. The summed E-state index contributed by atoms with van der Waals surface area (Å²) in [5.41, 5.74) is 3.39. The largest absolute Gasteiger partial charge is 1.00 e. The highest BCUT2D eigenvalue weighted by Gasteiger charge is 2.12. The Labute approximate surface area is 196 Å². The average molecular weight is 522 g/mol. The van der Waals surface area contributed by atoms with Crippen molar-refractivity contribution in [1.29, 1.82) is 0 Å². The number of halogens is 1. The summed E-state index contributed by atoms with van der Waals surface area (Å²) >= 11 is 0. The molecule has 0 saturated carbocycles. The first-order valence-electron chi connectivity index (χ1n) is 10.1. The molecule has 0 bridgehead atoms. The second-order valence-corrected chi connectivity index (χ2v) is 8.22. The highest BCUT2D eigenvalue weighted by Crippen LogP contribution is 2.22. The van der Waals surface area contributed by atoms with E-state index < -0.39 is 0 Å². The van der Waals surface area contributed by atoms with Crippen LogP contribution in [-0.4, -0.2) is 45.4 Å². The Morgan fingerprint density at radius 1 is 1.00 bits per heavy atom. The van der Waals surface area contributed by atoms with Crippen LogP contribution in [0.5, 0.6) is 5.75 Å². The first kappa shape index (κ1) is 24.2. The molecule has 0 N–H and O–H groups in total. The van der Waals surface area contributed by atoms with E-state index in [2.05, 4.69) is 56.2 Å². The minimum atomic E-state index is -0.165. The molecular formula is C24H31IN2O3. The van der Waals surface area contributed by atoms with Gasteiger partial charge in [-0.1, -0.05) is 12.1 Å². The Hall–Kier alpha value is -2.06. The molecule has 2 aromatic carbocycles. The number of carbonyl (C=O) groups excluding carboxylic acids is 1. The fourth-order valence-corrected chi connectivity index (χ4v) is 3.35. The molecule has 162 valence electrons. The molecule has 1 aromatic heterocycles. The van der Waals surface area contributed by atoms with E-state index in [1.54, 1.807) is 7.11 Å². The number of unbranched alkanes of at least 4 members (excludes halogenated alkanes) is 1. The number of esters is 1. The fraction of sp³-hybridized carbons (Fsp3) is 0.375. The molecule has 6 heteroatoms. The summed E-state index contributed by atoms with van der Waals surface area (Å²) in [4.78, 5) is 12.1. The van der Waals surface area contributed by atoms with Crippen molar-refractivity contribution in [3.05, 3.63) is 60.3 Å². The third-order valence-electron chi connectivity index (χ3n) is 5.09. The highest BCUT2D eigenvalue weighted by atomic mass is 127. The molecule has 0 atom stereocenters. The van der Waals surface area contributed by atoms with Crippen LogP contribution in [0.2, 0.25) is 0 Å². The topological polar surface area (TPSA) is 40.5 Å². The second kappa shape index (κ2) is 10.8. The van der Waals surface area contributed by atoms with E-state index in [9.17, 15) is 4.79 Å². The molecule has 0 spiro atoms.